The number of rotatable bonds is 3. The van der Waals surface area contributed by atoms with Crippen LogP contribution in [0.3, 0.4) is 0 Å². The SMILES string of the molecule is O=C(c1ccc2nsnc2c1)N1CCN(c2nc3ccc([N+](=O)[O-])cc3s2)CC1. The number of nitro benzene ring substituents is 1. The third kappa shape index (κ3) is 3.28. The van der Waals surface area contributed by atoms with Crippen molar-refractivity contribution in [2.75, 3.05) is 31.1 Å². The molecule has 0 unspecified atom stereocenters. The maximum Gasteiger partial charge on any atom is 0.270 e. The predicted molar refractivity (Wildman–Crippen MR) is 112 cm³/mol. The highest BCUT2D eigenvalue weighted by atomic mass is 32.1. The van der Waals surface area contributed by atoms with Gasteiger partial charge in [-0.3, -0.25) is 14.9 Å². The molecular formula is C18H14N6O3S2. The van der Waals surface area contributed by atoms with Gasteiger partial charge in [0.05, 0.1) is 26.9 Å². The van der Waals surface area contributed by atoms with E-state index in [1.165, 1.54) is 17.4 Å². The average molecular weight is 426 g/mol. The summed E-state index contributed by atoms with van der Waals surface area (Å²) in [5.41, 5.74) is 2.97. The fourth-order valence-electron chi connectivity index (χ4n) is 3.35. The van der Waals surface area contributed by atoms with Crippen LogP contribution >= 0.6 is 23.1 Å². The highest BCUT2D eigenvalue weighted by molar-refractivity contribution is 7.22. The van der Waals surface area contributed by atoms with Gasteiger partial charge in [-0.2, -0.15) is 8.75 Å². The smallest absolute Gasteiger partial charge is 0.270 e. The third-order valence-electron chi connectivity index (χ3n) is 4.91. The average Bonchev–Trinajstić information content (AvgIpc) is 3.38. The molecule has 146 valence electrons. The molecule has 29 heavy (non-hydrogen) atoms. The van der Waals surface area contributed by atoms with Crippen molar-refractivity contribution in [1.29, 1.82) is 0 Å². The van der Waals surface area contributed by atoms with E-state index in [0.717, 1.165) is 38.1 Å². The summed E-state index contributed by atoms with van der Waals surface area (Å²) in [5.74, 6) is -0.0144. The van der Waals surface area contributed by atoms with Crippen LogP contribution in [0.15, 0.2) is 36.4 Å². The van der Waals surface area contributed by atoms with Crippen molar-refractivity contribution >= 4 is 61.0 Å². The molecule has 0 bridgehead atoms. The molecule has 3 heterocycles. The van der Waals surface area contributed by atoms with E-state index in [9.17, 15) is 14.9 Å². The molecule has 0 atom stereocenters. The molecule has 2 aromatic carbocycles. The van der Waals surface area contributed by atoms with Gasteiger partial charge in [-0.15, -0.1) is 0 Å². The van der Waals surface area contributed by atoms with E-state index in [1.54, 1.807) is 24.3 Å². The summed E-state index contributed by atoms with van der Waals surface area (Å²) >= 11 is 2.57. The Morgan fingerprint density at radius 3 is 2.55 bits per heavy atom. The van der Waals surface area contributed by atoms with Crippen LogP contribution in [0.1, 0.15) is 10.4 Å². The van der Waals surface area contributed by atoms with Crippen molar-refractivity contribution in [3.63, 3.8) is 0 Å². The number of aromatic nitrogens is 3. The minimum atomic E-state index is -0.401. The number of hydrogen-bond donors (Lipinski definition) is 0. The summed E-state index contributed by atoms with van der Waals surface area (Å²) in [4.78, 5) is 31.9. The zero-order valence-electron chi connectivity index (χ0n) is 15.0. The Morgan fingerprint density at radius 2 is 1.76 bits per heavy atom. The summed E-state index contributed by atoms with van der Waals surface area (Å²) in [5, 5.41) is 11.8. The second-order valence-electron chi connectivity index (χ2n) is 6.65. The summed E-state index contributed by atoms with van der Waals surface area (Å²) in [7, 11) is 0. The standard InChI is InChI=1S/C18H14N6O3S2/c25-17(11-1-3-13-15(9-11)21-29-20-13)22-5-7-23(8-6-22)18-19-14-4-2-12(24(26)27)10-16(14)28-18/h1-4,9-10H,5-8H2. The topological polar surface area (TPSA) is 105 Å². The molecule has 1 amide bonds. The largest absolute Gasteiger partial charge is 0.345 e. The molecule has 1 aliphatic heterocycles. The zero-order valence-corrected chi connectivity index (χ0v) is 16.7. The molecule has 2 aromatic heterocycles. The van der Waals surface area contributed by atoms with Crippen LogP contribution in [-0.2, 0) is 0 Å². The molecule has 0 saturated carbocycles. The van der Waals surface area contributed by atoms with Gasteiger partial charge in [0.15, 0.2) is 5.13 Å². The van der Waals surface area contributed by atoms with Crippen LogP contribution in [0, 0.1) is 10.1 Å². The Hall–Kier alpha value is -3.18. The minimum absolute atomic E-state index is 0.0144. The van der Waals surface area contributed by atoms with Crippen LogP contribution in [0.25, 0.3) is 21.3 Å². The minimum Gasteiger partial charge on any atom is -0.345 e. The number of hydrogen-bond acceptors (Lipinski definition) is 9. The van der Waals surface area contributed by atoms with Crippen molar-refractivity contribution in [3.05, 3.63) is 52.1 Å². The van der Waals surface area contributed by atoms with E-state index in [2.05, 4.69) is 18.6 Å². The van der Waals surface area contributed by atoms with Crippen LogP contribution < -0.4 is 4.90 Å². The van der Waals surface area contributed by atoms with Gasteiger partial charge < -0.3 is 9.80 Å². The normalized spacial score (nSPS) is 14.6. The molecule has 9 nitrogen and oxygen atoms in total. The lowest BCUT2D eigenvalue weighted by molar-refractivity contribution is -0.384. The van der Waals surface area contributed by atoms with Gasteiger partial charge in [0.25, 0.3) is 11.6 Å². The lowest BCUT2D eigenvalue weighted by atomic mass is 10.1. The lowest BCUT2D eigenvalue weighted by Crippen LogP contribution is -2.48. The van der Waals surface area contributed by atoms with Gasteiger partial charge in [0.1, 0.15) is 11.0 Å². The van der Waals surface area contributed by atoms with Crippen LogP contribution in [0.2, 0.25) is 0 Å². The van der Waals surface area contributed by atoms with Gasteiger partial charge in [-0.05, 0) is 24.3 Å². The maximum atomic E-state index is 12.8. The second-order valence-corrected chi connectivity index (χ2v) is 8.19. The summed E-state index contributed by atoms with van der Waals surface area (Å²) in [6.45, 7) is 2.49. The monoisotopic (exact) mass is 426 g/mol. The zero-order chi connectivity index (χ0) is 20.0. The molecule has 1 fully saturated rings. The van der Waals surface area contributed by atoms with E-state index in [1.807, 2.05) is 11.0 Å². The molecule has 0 aliphatic carbocycles. The Bertz CT molecular complexity index is 1240. The molecule has 0 spiro atoms. The quantitative estimate of drug-likeness (QED) is 0.366. The van der Waals surface area contributed by atoms with Gasteiger partial charge in [-0.25, -0.2) is 4.98 Å². The van der Waals surface area contributed by atoms with Gasteiger partial charge in [-0.1, -0.05) is 11.3 Å². The Labute approximate surface area is 172 Å². The first kappa shape index (κ1) is 17.9. The van der Waals surface area contributed by atoms with Crippen molar-refractivity contribution in [2.24, 2.45) is 0 Å². The summed E-state index contributed by atoms with van der Waals surface area (Å²) in [6, 6.07) is 10.1. The second kappa shape index (κ2) is 7.01. The van der Waals surface area contributed by atoms with E-state index in [-0.39, 0.29) is 11.6 Å². The molecule has 11 heteroatoms. The first-order valence-corrected chi connectivity index (χ1v) is 10.4. The number of benzene rings is 2. The number of piperazine rings is 1. The van der Waals surface area contributed by atoms with Gasteiger partial charge in [0, 0.05) is 43.9 Å². The number of nitro groups is 1. The van der Waals surface area contributed by atoms with E-state index < -0.39 is 4.92 Å². The molecular weight excluding hydrogens is 412 g/mol. The Morgan fingerprint density at radius 1 is 1.00 bits per heavy atom. The van der Waals surface area contributed by atoms with Gasteiger partial charge >= 0.3 is 0 Å². The molecule has 0 radical (unpaired) electrons. The van der Waals surface area contributed by atoms with Crippen molar-refractivity contribution < 1.29 is 9.72 Å². The van der Waals surface area contributed by atoms with E-state index >= 15 is 0 Å². The van der Waals surface area contributed by atoms with Crippen molar-refractivity contribution in [3.8, 4) is 0 Å². The number of amides is 1. The fourth-order valence-corrected chi connectivity index (χ4v) is 4.92. The van der Waals surface area contributed by atoms with E-state index in [0.29, 0.717) is 31.7 Å². The number of non-ortho nitro benzene ring substituents is 1. The first-order valence-electron chi connectivity index (χ1n) is 8.90. The number of carbonyl (C=O) groups is 1. The van der Waals surface area contributed by atoms with Crippen LogP contribution in [0.4, 0.5) is 10.8 Å². The number of anilines is 1. The van der Waals surface area contributed by atoms with E-state index in [4.69, 9.17) is 0 Å². The van der Waals surface area contributed by atoms with Gasteiger partial charge in [0.2, 0.25) is 0 Å². The molecule has 5 rings (SSSR count). The summed E-state index contributed by atoms with van der Waals surface area (Å²) < 4.78 is 9.15. The Kier molecular flexibility index (Phi) is 4.32. The molecule has 4 aromatic rings. The highest BCUT2D eigenvalue weighted by Gasteiger charge is 2.24. The first-order chi connectivity index (χ1) is 14.1. The van der Waals surface area contributed by atoms with Crippen molar-refractivity contribution in [1.82, 2.24) is 18.6 Å². The highest BCUT2D eigenvalue weighted by Crippen LogP contribution is 2.32. The van der Waals surface area contributed by atoms with Crippen molar-refractivity contribution in [2.45, 2.75) is 0 Å². The number of fused-ring (bicyclic) bond motifs is 2. The maximum absolute atomic E-state index is 12.8. The summed E-state index contributed by atoms with van der Waals surface area (Å²) in [6.07, 6.45) is 0. The van der Waals surface area contributed by atoms with Crippen LogP contribution in [0.5, 0.6) is 0 Å². The third-order valence-corrected chi connectivity index (χ3v) is 6.55. The Balaban J connectivity index is 1.30. The fraction of sp³-hybridized carbons (Fsp3) is 0.222. The number of carbonyl (C=O) groups excluding carboxylic acids is 1. The molecule has 0 N–H and O–H groups in total. The molecule has 1 saturated heterocycles. The predicted octanol–water partition coefficient (Wildman–Crippen LogP) is 3.17. The molecule has 1 aliphatic rings. The van der Waals surface area contributed by atoms with Crippen LogP contribution in [-0.4, -0.2) is 55.6 Å². The number of thiazole rings is 1. The number of nitrogens with zero attached hydrogens (tertiary/aromatic N) is 6. The lowest BCUT2D eigenvalue weighted by Gasteiger charge is -2.34.